The number of nitrogens with zero attached hydrogens (tertiary/aromatic N) is 1. The van der Waals surface area contributed by atoms with E-state index in [4.69, 9.17) is 9.84 Å². The van der Waals surface area contributed by atoms with Crippen LogP contribution < -0.4 is 4.74 Å². The third-order valence-corrected chi connectivity index (χ3v) is 2.61. The summed E-state index contributed by atoms with van der Waals surface area (Å²) in [6.07, 6.45) is 2.00. The van der Waals surface area contributed by atoms with Crippen molar-refractivity contribution in [3.8, 4) is 5.75 Å². The van der Waals surface area contributed by atoms with E-state index in [0.29, 0.717) is 23.8 Å². The fraction of sp³-hybridized carbons (Fsp3) is 0.538. The van der Waals surface area contributed by atoms with Crippen molar-refractivity contribution in [2.45, 2.75) is 33.3 Å². The van der Waals surface area contributed by atoms with E-state index >= 15 is 0 Å². The first-order valence-corrected chi connectivity index (χ1v) is 6.05. The van der Waals surface area contributed by atoms with Crippen LogP contribution in [0, 0.1) is 16.0 Å². The summed E-state index contributed by atoms with van der Waals surface area (Å²) in [7, 11) is 0. The second-order valence-electron chi connectivity index (χ2n) is 4.59. The van der Waals surface area contributed by atoms with E-state index in [1.165, 1.54) is 12.1 Å². The molecule has 100 valence electrons. The number of hydrogen-bond acceptors (Lipinski definition) is 4. The van der Waals surface area contributed by atoms with Crippen LogP contribution in [0.4, 0.5) is 5.69 Å². The Balaban J connectivity index is 2.62. The molecule has 0 aliphatic rings. The molecule has 0 aromatic heterocycles. The van der Waals surface area contributed by atoms with Gasteiger partial charge in [0.15, 0.2) is 0 Å². The lowest BCUT2D eigenvalue weighted by molar-refractivity contribution is -0.385. The highest BCUT2D eigenvalue weighted by molar-refractivity contribution is 5.43. The summed E-state index contributed by atoms with van der Waals surface area (Å²) >= 11 is 0. The molecule has 0 aliphatic heterocycles. The second kappa shape index (κ2) is 6.96. The lowest BCUT2D eigenvalue weighted by atomic mass is 10.1. The average Bonchev–Trinajstić information content (AvgIpc) is 2.34. The quantitative estimate of drug-likeness (QED) is 0.460. The summed E-state index contributed by atoms with van der Waals surface area (Å²) in [5, 5.41) is 19.8. The molecule has 0 heterocycles. The van der Waals surface area contributed by atoms with Crippen LogP contribution in [0.3, 0.4) is 0 Å². The first kappa shape index (κ1) is 14.4. The van der Waals surface area contributed by atoms with E-state index in [9.17, 15) is 10.1 Å². The molecule has 18 heavy (non-hydrogen) atoms. The summed E-state index contributed by atoms with van der Waals surface area (Å²) < 4.78 is 5.53. The summed E-state index contributed by atoms with van der Waals surface area (Å²) in [6, 6.07) is 4.27. The Kier molecular flexibility index (Phi) is 5.58. The minimum Gasteiger partial charge on any atom is -0.493 e. The molecule has 1 rings (SSSR count). The molecular weight excluding hydrogens is 234 g/mol. The molecule has 0 bridgehead atoms. The minimum atomic E-state index is -0.484. The van der Waals surface area contributed by atoms with Gasteiger partial charge in [-0.1, -0.05) is 13.8 Å². The number of non-ortho nitro benzene ring substituents is 1. The number of benzene rings is 1. The topological polar surface area (TPSA) is 72.6 Å². The molecular formula is C13H19NO4. The zero-order valence-corrected chi connectivity index (χ0v) is 10.8. The van der Waals surface area contributed by atoms with Gasteiger partial charge in [0.25, 0.3) is 5.69 Å². The van der Waals surface area contributed by atoms with Gasteiger partial charge in [0.1, 0.15) is 5.75 Å². The average molecular weight is 253 g/mol. The van der Waals surface area contributed by atoms with E-state index in [1.807, 2.05) is 0 Å². The van der Waals surface area contributed by atoms with Crippen molar-refractivity contribution >= 4 is 5.69 Å². The normalized spacial score (nSPS) is 10.7. The van der Waals surface area contributed by atoms with Crippen molar-refractivity contribution in [1.29, 1.82) is 0 Å². The van der Waals surface area contributed by atoms with Gasteiger partial charge in [-0.3, -0.25) is 10.1 Å². The summed E-state index contributed by atoms with van der Waals surface area (Å²) in [5.74, 6) is 1.15. The standard InChI is InChI=1S/C13H19NO4/c1-10(2)4-3-7-18-13-6-5-12(14(16)17)8-11(13)9-15/h5-6,8,10,15H,3-4,7,9H2,1-2H3. The third kappa shape index (κ3) is 4.33. The zero-order chi connectivity index (χ0) is 13.5. The van der Waals surface area contributed by atoms with Crippen molar-refractivity contribution < 1.29 is 14.8 Å². The van der Waals surface area contributed by atoms with Crippen LogP contribution in [0.2, 0.25) is 0 Å². The van der Waals surface area contributed by atoms with Gasteiger partial charge in [-0.15, -0.1) is 0 Å². The smallest absolute Gasteiger partial charge is 0.270 e. The van der Waals surface area contributed by atoms with E-state index in [-0.39, 0.29) is 12.3 Å². The molecule has 5 heteroatoms. The van der Waals surface area contributed by atoms with E-state index in [0.717, 1.165) is 12.8 Å². The molecule has 0 saturated carbocycles. The molecule has 0 amide bonds. The summed E-state index contributed by atoms with van der Waals surface area (Å²) in [5.41, 5.74) is 0.419. The number of aliphatic hydroxyl groups is 1. The number of nitro groups is 1. The maximum Gasteiger partial charge on any atom is 0.270 e. The van der Waals surface area contributed by atoms with Crippen LogP contribution in [-0.2, 0) is 6.61 Å². The van der Waals surface area contributed by atoms with Crippen LogP contribution in [0.5, 0.6) is 5.75 Å². The van der Waals surface area contributed by atoms with Crippen molar-refractivity contribution in [1.82, 2.24) is 0 Å². The highest BCUT2D eigenvalue weighted by atomic mass is 16.6. The predicted molar refractivity (Wildman–Crippen MR) is 68.6 cm³/mol. The number of aliphatic hydroxyl groups excluding tert-OH is 1. The van der Waals surface area contributed by atoms with Gasteiger partial charge in [0, 0.05) is 17.7 Å². The predicted octanol–water partition coefficient (Wildman–Crippen LogP) is 2.90. The molecule has 0 aliphatic carbocycles. The number of hydrogen-bond donors (Lipinski definition) is 1. The van der Waals surface area contributed by atoms with Gasteiger partial charge in [-0.05, 0) is 24.8 Å². The van der Waals surface area contributed by atoms with Crippen molar-refractivity contribution in [2.75, 3.05) is 6.61 Å². The molecule has 1 N–H and O–H groups in total. The van der Waals surface area contributed by atoms with Gasteiger partial charge in [-0.25, -0.2) is 0 Å². The maximum absolute atomic E-state index is 10.6. The Morgan fingerprint density at radius 3 is 2.72 bits per heavy atom. The van der Waals surface area contributed by atoms with Gasteiger partial charge in [0.05, 0.1) is 18.1 Å². The fourth-order valence-electron chi connectivity index (χ4n) is 1.62. The largest absolute Gasteiger partial charge is 0.493 e. The third-order valence-electron chi connectivity index (χ3n) is 2.61. The Morgan fingerprint density at radius 1 is 1.44 bits per heavy atom. The fourth-order valence-corrected chi connectivity index (χ4v) is 1.62. The van der Waals surface area contributed by atoms with Crippen LogP contribution in [0.15, 0.2) is 18.2 Å². The molecule has 0 radical (unpaired) electrons. The van der Waals surface area contributed by atoms with E-state index < -0.39 is 4.92 Å². The SMILES string of the molecule is CC(C)CCCOc1ccc([N+](=O)[O-])cc1CO. The zero-order valence-electron chi connectivity index (χ0n) is 10.8. The lowest BCUT2D eigenvalue weighted by Gasteiger charge is -2.10. The Bertz CT molecular complexity index is 404. The van der Waals surface area contributed by atoms with E-state index in [1.54, 1.807) is 6.07 Å². The molecule has 1 aromatic rings. The van der Waals surface area contributed by atoms with Crippen LogP contribution >= 0.6 is 0 Å². The second-order valence-corrected chi connectivity index (χ2v) is 4.59. The first-order chi connectivity index (χ1) is 8.54. The molecule has 0 fully saturated rings. The monoisotopic (exact) mass is 253 g/mol. The van der Waals surface area contributed by atoms with Crippen molar-refractivity contribution in [3.05, 3.63) is 33.9 Å². The number of nitro benzene ring substituents is 1. The van der Waals surface area contributed by atoms with E-state index in [2.05, 4.69) is 13.8 Å². The summed E-state index contributed by atoms with van der Waals surface area (Å²) in [6.45, 7) is 4.58. The summed E-state index contributed by atoms with van der Waals surface area (Å²) in [4.78, 5) is 10.1. The van der Waals surface area contributed by atoms with Crippen molar-refractivity contribution in [3.63, 3.8) is 0 Å². The van der Waals surface area contributed by atoms with Gasteiger partial charge >= 0.3 is 0 Å². The van der Waals surface area contributed by atoms with Crippen LogP contribution in [0.1, 0.15) is 32.3 Å². The van der Waals surface area contributed by atoms with Crippen LogP contribution in [-0.4, -0.2) is 16.6 Å². The Morgan fingerprint density at radius 2 is 2.17 bits per heavy atom. The number of ether oxygens (including phenoxy) is 1. The molecule has 1 aromatic carbocycles. The molecule has 0 unspecified atom stereocenters. The maximum atomic E-state index is 10.6. The Labute approximate surface area is 107 Å². The minimum absolute atomic E-state index is 0.0337. The molecule has 0 saturated heterocycles. The van der Waals surface area contributed by atoms with Crippen molar-refractivity contribution in [2.24, 2.45) is 5.92 Å². The van der Waals surface area contributed by atoms with Gasteiger partial charge in [0.2, 0.25) is 0 Å². The van der Waals surface area contributed by atoms with Crippen LogP contribution in [0.25, 0.3) is 0 Å². The highest BCUT2D eigenvalue weighted by Gasteiger charge is 2.11. The first-order valence-electron chi connectivity index (χ1n) is 6.05. The van der Waals surface area contributed by atoms with Gasteiger partial charge in [-0.2, -0.15) is 0 Å². The molecule has 5 nitrogen and oxygen atoms in total. The number of rotatable bonds is 7. The molecule has 0 atom stereocenters. The molecule has 0 spiro atoms. The lowest BCUT2D eigenvalue weighted by Crippen LogP contribution is -2.02. The highest BCUT2D eigenvalue weighted by Crippen LogP contribution is 2.24. The van der Waals surface area contributed by atoms with Gasteiger partial charge < -0.3 is 9.84 Å². The Hall–Kier alpha value is -1.62.